The first-order valence-corrected chi connectivity index (χ1v) is 9.16. The van der Waals surface area contributed by atoms with Crippen LogP contribution in [0.4, 0.5) is 0 Å². The van der Waals surface area contributed by atoms with Crippen LogP contribution in [0.25, 0.3) is 5.57 Å². The Labute approximate surface area is 185 Å². The molecule has 4 heteroatoms. The first-order valence-electron chi connectivity index (χ1n) is 9.16. The van der Waals surface area contributed by atoms with Gasteiger partial charge in [0.25, 0.3) is 0 Å². The molecule has 0 heterocycles. The molecule has 27 heavy (non-hydrogen) atoms. The molecule has 0 aliphatic carbocycles. The van der Waals surface area contributed by atoms with Gasteiger partial charge in [-0.3, -0.25) is 0 Å². The van der Waals surface area contributed by atoms with Crippen molar-refractivity contribution in [2.75, 3.05) is 0 Å². The third-order valence-corrected chi connectivity index (χ3v) is 4.66. The zero-order valence-electron chi connectivity index (χ0n) is 17.0. The van der Waals surface area contributed by atoms with Crippen LogP contribution < -0.4 is 40.4 Å². The molecule has 2 aromatic carbocycles. The summed E-state index contributed by atoms with van der Waals surface area (Å²) >= 11 is 0. The van der Waals surface area contributed by atoms with Gasteiger partial charge in [0, 0.05) is 6.04 Å². The van der Waals surface area contributed by atoms with Crippen molar-refractivity contribution >= 4 is 11.5 Å². The van der Waals surface area contributed by atoms with Gasteiger partial charge in [0.2, 0.25) is 0 Å². The average molecular weight is 373 g/mol. The van der Waals surface area contributed by atoms with E-state index >= 15 is 0 Å². The molecule has 2 rings (SSSR count). The predicted octanol–water partition coefficient (Wildman–Crippen LogP) is 0.836. The summed E-state index contributed by atoms with van der Waals surface area (Å²) in [6.07, 6.45) is 2.13. The molecule has 0 aliphatic rings. The molecule has 3 nitrogen and oxygen atoms in total. The predicted molar refractivity (Wildman–Crippen MR) is 106 cm³/mol. The van der Waals surface area contributed by atoms with E-state index in [1.54, 1.807) is 0 Å². The van der Waals surface area contributed by atoms with E-state index in [0.717, 1.165) is 16.7 Å². The van der Waals surface area contributed by atoms with Gasteiger partial charge < -0.3 is 15.6 Å². The van der Waals surface area contributed by atoms with Crippen LogP contribution in [0.3, 0.4) is 0 Å². The van der Waals surface area contributed by atoms with Crippen molar-refractivity contribution in [1.29, 1.82) is 0 Å². The molecule has 0 radical (unpaired) electrons. The summed E-state index contributed by atoms with van der Waals surface area (Å²) in [5.74, 6) is -0.299. The fourth-order valence-electron chi connectivity index (χ4n) is 2.84. The minimum Gasteiger partial charge on any atom is -0.548 e. The van der Waals surface area contributed by atoms with Crippen molar-refractivity contribution in [2.45, 2.75) is 52.0 Å². The van der Waals surface area contributed by atoms with Gasteiger partial charge in [-0.2, -0.15) is 0 Å². The second-order valence-electron chi connectivity index (χ2n) is 7.33. The van der Waals surface area contributed by atoms with Crippen LogP contribution in [-0.2, 0) is 4.79 Å². The molecule has 0 saturated carbocycles. The second kappa shape index (κ2) is 10.8. The Kier molecular flexibility index (Phi) is 9.48. The number of hydrogen-bond donors (Lipinski definition) is 1. The molecule has 0 saturated heterocycles. The SMILES string of the molecule is CC(C)c1ccc(C(=CCC(N)C(=O)[O-])c2ccc(C(C)C)cc2)cc1.[Na+]. The van der Waals surface area contributed by atoms with Crippen molar-refractivity contribution in [3.05, 3.63) is 76.9 Å². The van der Waals surface area contributed by atoms with Crippen molar-refractivity contribution < 1.29 is 39.5 Å². The summed E-state index contributed by atoms with van der Waals surface area (Å²) in [7, 11) is 0. The van der Waals surface area contributed by atoms with E-state index in [2.05, 4.69) is 76.2 Å². The quantitative estimate of drug-likeness (QED) is 0.732. The summed E-state index contributed by atoms with van der Waals surface area (Å²) in [4.78, 5) is 11.0. The van der Waals surface area contributed by atoms with Crippen LogP contribution in [0.2, 0.25) is 0 Å². The van der Waals surface area contributed by atoms with E-state index < -0.39 is 12.0 Å². The number of carboxylic acid groups (broad SMARTS) is 1. The van der Waals surface area contributed by atoms with Crippen molar-refractivity contribution in [3.8, 4) is 0 Å². The van der Waals surface area contributed by atoms with Crippen molar-refractivity contribution in [2.24, 2.45) is 5.73 Å². The van der Waals surface area contributed by atoms with Crippen LogP contribution in [0, 0.1) is 0 Å². The summed E-state index contributed by atoms with van der Waals surface area (Å²) in [6, 6.07) is 15.8. The first kappa shape index (κ1) is 23.6. The van der Waals surface area contributed by atoms with Gasteiger partial charge in [0.05, 0.1) is 5.97 Å². The average Bonchev–Trinajstić information content (AvgIpc) is 2.62. The van der Waals surface area contributed by atoms with E-state index in [4.69, 9.17) is 5.73 Å². The maximum Gasteiger partial charge on any atom is 1.00 e. The van der Waals surface area contributed by atoms with Crippen molar-refractivity contribution in [3.63, 3.8) is 0 Å². The summed E-state index contributed by atoms with van der Waals surface area (Å²) in [5.41, 5.74) is 11.3. The molecule has 0 aliphatic heterocycles. The van der Waals surface area contributed by atoms with Crippen LogP contribution >= 0.6 is 0 Å². The summed E-state index contributed by atoms with van der Waals surface area (Å²) in [5, 5.41) is 11.0. The maximum atomic E-state index is 11.0. The Hall–Kier alpha value is -1.39. The number of hydrogen-bond acceptors (Lipinski definition) is 3. The molecule has 138 valence electrons. The van der Waals surface area contributed by atoms with E-state index in [1.165, 1.54) is 11.1 Å². The Morgan fingerprint density at radius 2 is 1.26 bits per heavy atom. The van der Waals surface area contributed by atoms with Gasteiger partial charge >= 0.3 is 29.6 Å². The van der Waals surface area contributed by atoms with Gasteiger partial charge in [-0.05, 0) is 46.1 Å². The molecule has 0 spiro atoms. The van der Waals surface area contributed by atoms with E-state index in [1.807, 2.05) is 6.08 Å². The molecular weight excluding hydrogens is 345 g/mol. The molecular formula is C23H28NNaO2. The minimum absolute atomic E-state index is 0. The molecule has 0 bridgehead atoms. The van der Waals surface area contributed by atoms with Crippen LogP contribution in [0.1, 0.15) is 68.2 Å². The number of carboxylic acids is 1. The zero-order chi connectivity index (χ0) is 19.3. The Bertz CT molecular complexity index is 708. The summed E-state index contributed by atoms with van der Waals surface area (Å²) in [6.45, 7) is 8.65. The number of carbonyl (C=O) groups excluding carboxylic acids is 1. The minimum atomic E-state index is -1.23. The van der Waals surface area contributed by atoms with E-state index in [-0.39, 0.29) is 36.0 Å². The van der Waals surface area contributed by atoms with Gasteiger partial charge in [0.1, 0.15) is 0 Å². The van der Waals surface area contributed by atoms with Gasteiger partial charge in [-0.15, -0.1) is 0 Å². The molecule has 1 unspecified atom stereocenters. The second-order valence-corrected chi connectivity index (χ2v) is 7.33. The molecule has 0 aromatic heterocycles. The number of rotatable bonds is 7. The third kappa shape index (κ3) is 6.62. The monoisotopic (exact) mass is 373 g/mol. The Balaban J connectivity index is 0.00000364. The molecule has 2 N–H and O–H groups in total. The fourth-order valence-corrected chi connectivity index (χ4v) is 2.84. The summed E-state index contributed by atoms with van der Waals surface area (Å²) < 4.78 is 0. The topological polar surface area (TPSA) is 66.2 Å². The standard InChI is InChI=1S/C23H29NO2.Na/c1-15(2)17-5-9-19(10-6-17)21(13-14-22(24)23(25)26)20-11-7-18(8-12-20)16(3)4;/h5-13,15-16,22H,14,24H2,1-4H3,(H,25,26);/q;+1/p-1. The van der Waals surface area contributed by atoms with Crippen LogP contribution in [0.5, 0.6) is 0 Å². The normalized spacial score (nSPS) is 11.8. The number of carbonyl (C=O) groups is 1. The molecule has 1 atom stereocenters. The fraction of sp³-hybridized carbons (Fsp3) is 0.348. The largest absolute Gasteiger partial charge is 1.00 e. The Morgan fingerprint density at radius 1 is 0.889 bits per heavy atom. The van der Waals surface area contributed by atoms with E-state index in [0.29, 0.717) is 11.8 Å². The van der Waals surface area contributed by atoms with E-state index in [9.17, 15) is 9.90 Å². The Morgan fingerprint density at radius 3 is 1.56 bits per heavy atom. The number of nitrogens with two attached hydrogens (primary N) is 1. The molecule has 0 fully saturated rings. The van der Waals surface area contributed by atoms with Gasteiger partial charge in [0.15, 0.2) is 0 Å². The van der Waals surface area contributed by atoms with Crippen LogP contribution in [0.15, 0.2) is 54.6 Å². The van der Waals surface area contributed by atoms with Gasteiger partial charge in [-0.1, -0.05) is 82.3 Å². The maximum absolute atomic E-state index is 11.0. The smallest absolute Gasteiger partial charge is 0.548 e. The third-order valence-electron chi connectivity index (χ3n) is 4.66. The zero-order valence-corrected chi connectivity index (χ0v) is 19.0. The van der Waals surface area contributed by atoms with Crippen LogP contribution in [-0.4, -0.2) is 12.0 Å². The molecule has 0 amide bonds. The first-order chi connectivity index (χ1) is 12.3. The number of benzene rings is 2. The van der Waals surface area contributed by atoms with Gasteiger partial charge in [-0.25, -0.2) is 0 Å². The number of aliphatic carboxylic acids is 1. The van der Waals surface area contributed by atoms with Crippen molar-refractivity contribution in [1.82, 2.24) is 0 Å². The molecule has 2 aromatic rings.